The molecule has 0 N–H and O–H groups in total. The van der Waals surface area contributed by atoms with E-state index < -0.39 is 61.0 Å². The van der Waals surface area contributed by atoms with Crippen LogP contribution in [0.3, 0.4) is 0 Å². The van der Waals surface area contributed by atoms with Gasteiger partial charge in [0.25, 0.3) is 0 Å². The van der Waals surface area contributed by atoms with Crippen LogP contribution in [0.15, 0.2) is 142 Å². The summed E-state index contributed by atoms with van der Waals surface area (Å²) < 4.78 is 39.5. The Morgan fingerprint density at radius 2 is 0.897 bits per heavy atom. The Kier molecular flexibility index (Phi) is 15.7. The Hall–Kier alpha value is -6.12. The lowest BCUT2D eigenvalue weighted by atomic mass is 9.83. The molecule has 4 aromatic carbocycles. The second-order valence-corrected chi connectivity index (χ2v) is 13.6. The average molecular weight is 787 g/mol. The van der Waals surface area contributed by atoms with Crippen molar-refractivity contribution in [3.05, 3.63) is 185 Å². The van der Waals surface area contributed by atoms with Crippen molar-refractivity contribution in [1.29, 1.82) is 0 Å². The minimum absolute atomic E-state index is 0.0290. The maximum absolute atomic E-state index is 9.99. The Morgan fingerprint density at radius 3 is 1.34 bits per heavy atom. The summed E-state index contributed by atoms with van der Waals surface area (Å²) in [5.74, 6) is 0. The first kappa shape index (κ1) is 41.5. The maximum atomic E-state index is 9.99. The second kappa shape index (κ2) is 22.0. The van der Waals surface area contributed by atoms with Crippen molar-refractivity contribution in [2.45, 2.75) is 93.9 Å². The van der Waals surface area contributed by atoms with Crippen LogP contribution in [0.2, 0.25) is 0 Å². The number of ether oxygens (including phenoxy) is 6. The predicted molar refractivity (Wildman–Crippen MR) is 211 cm³/mol. The number of hydrogen-bond acceptors (Lipinski definition) is 10. The maximum Gasteiger partial charge on any atom is 0.169 e. The van der Waals surface area contributed by atoms with Crippen LogP contribution in [0.5, 0.6) is 0 Å². The third-order valence-electron chi connectivity index (χ3n) is 9.85. The van der Waals surface area contributed by atoms with Crippen LogP contribution in [0, 0.1) is 0 Å². The van der Waals surface area contributed by atoms with E-state index in [4.69, 9.17) is 28.4 Å². The van der Waals surface area contributed by atoms with Crippen molar-refractivity contribution in [3.8, 4) is 0 Å². The molecule has 1 aliphatic carbocycles. The highest BCUT2D eigenvalue weighted by molar-refractivity contribution is 5.17. The molecule has 1 saturated carbocycles. The van der Waals surface area contributed by atoms with Crippen molar-refractivity contribution in [2.24, 2.45) is 20.5 Å². The Balaban J connectivity index is 1.39. The first-order chi connectivity index (χ1) is 28.6. The van der Waals surface area contributed by atoms with E-state index in [0.29, 0.717) is 0 Å². The quantitative estimate of drug-likeness (QED) is 0.0508. The van der Waals surface area contributed by atoms with Gasteiger partial charge in [-0.25, -0.2) is 0 Å². The molecule has 0 amide bonds. The van der Waals surface area contributed by atoms with Gasteiger partial charge in [-0.2, -0.15) is 0 Å². The highest BCUT2D eigenvalue weighted by atomic mass is 16.7. The fourth-order valence-corrected chi connectivity index (χ4v) is 7.13. The summed E-state index contributed by atoms with van der Waals surface area (Å²) in [6, 6.07) is 34.8. The first-order valence-electron chi connectivity index (χ1n) is 18.7. The largest absolute Gasteiger partial charge is 0.370 e. The number of hydrogen-bond donors (Lipinski definition) is 0. The highest BCUT2D eigenvalue weighted by Crippen LogP contribution is 2.37. The van der Waals surface area contributed by atoms with Crippen molar-refractivity contribution < 1.29 is 28.4 Å². The van der Waals surface area contributed by atoms with Crippen molar-refractivity contribution in [1.82, 2.24) is 0 Å². The standard InChI is InChI=1S/C40H42N12O6/c41-49-45-22-33-37(54-24-28-15-7-2-8-16-28)38(55-25-29-17-9-3-10-18-29)34(48-52-44)40(57-33)58-36-32(47-51-43)21-31(46-50-42)35(53-23-27-13-5-1-6-14-27)39(36)56-26-30-19-11-4-12-20-30/h1-20,31-40H,21-26H2/t31-,32+,33-,34-,35+,36-,37-,38-,39-,40-/m1/s1. The Bertz CT molecular complexity index is 2070. The van der Waals surface area contributed by atoms with Crippen LogP contribution in [0.25, 0.3) is 41.8 Å². The smallest absolute Gasteiger partial charge is 0.169 e. The van der Waals surface area contributed by atoms with Gasteiger partial charge in [-0.05, 0) is 50.8 Å². The summed E-state index contributed by atoms with van der Waals surface area (Å²) in [5.41, 5.74) is 42.2. The third-order valence-corrected chi connectivity index (χ3v) is 9.85. The number of azide groups is 4. The molecule has 0 spiro atoms. The van der Waals surface area contributed by atoms with Gasteiger partial charge in [-0.15, -0.1) is 0 Å². The monoisotopic (exact) mass is 786 g/mol. The van der Waals surface area contributed by atoms with Gasteiger partial charge >= 0.3 is 0 Å². The molecule has 2 aliphatic rings. The average Bonchev–Trinajstić information content (AvgIpc) is 3.26. The molecule has 0 unspecified atom stereocenters. The molecule has 1 heterocycles. The van der Waals surface area contributed by atoms with Gasteiger partial charge in [0.15, 0.2) is 6.29 Å². The predicted octanol–water partition coefficient (Wildman–Crippen LogP) is 9.19. The van der Waals surface area contributed by atoms with Crippen LogP contribution in [0.4, 0.5) is 0 Å². The SMILES string of the molecule is [N-]=[N+]=NC[C@H]1O[C@H](O[C@H]2[C@H](OCc3ccccc3)[C@@H](OCc3ccccc3)[C@H](N=[N+]=[N-])C[C@@H]2N=[N+]=[N-])[C@H](N=[N+]=[N-])[C@@H](OCc2ccccc2)[C@@H]1OCc1ccccc1. The molecule has 1 saturated heterocycles. The van der Waals surface area contributed by atoms with Gasteiger partial charge in [-0.3, -0.25) is 0 Å². The fourth-order valence-electron chi connectivity index (χ4n) is 7.13. The highest BCUT2D eigenvalue weighted by Gasteiger charge is 2.52. The van der Waals surface area contributed by atoms with E-state index in [1.807, 2.05) is 121 Å². The summed E-state index contributed by atoms with van der Waals surface area (Å²) in [6.45, 7) is 0.277. The summed E-state index contributed by atoms with van der Waals surface area (Å²) >= 11 is 0. The Labute approximate surface area is 334 Å². The molecule has 0 bridgehead atoms. The number of nitrogens with zero attached hydrogens (tertiary/aromatic N) is 12. The van der Waals surface area contributed by atoms with Gasteiger partial charge in [0, 0.05) is 19.6 Å². The molecule has 18 nitrogen and oxygen atoms in total. The molecule has 6 rings (SSSR count). The molecule has 0 aromatic heterocycles. The summed E-state index contributed by atoms with van der Waals surface area (Å²) in [6.07, 6.45) is -7.24. The molecular formula is C40H42N12O6. The molecule has 2 fully saturated rings. The lowest BCUT2D eigenvalue weighted by molar-refractivity contribution is -0.305. The minimum Gasteiger partial charge on any atom is -0.370 e. The number of benzene rings is 4. The zero-order valence-corrected chi connectivity index (χ0v) is 31.4. The van der Waals surface area contributed by atoms with E-state index in [9.17, 15) is 22.1 Å². The molecule has 10 atom stereocenters. The van der Waals surface area contributed by atoms with Gasteiger partial charge in [0.05, 0.1) is 63.4 Å². The van der Waals surface area contributed by atoms with Crippen LogP contribution in [-0.4, -0.2) is 67.6 Å². The molecule has 4 aromatic rings. The van der Waals surface area contributed by atoms with Gasteiger partial charge < -0.3 is 28.4 Å². The first-order valence-corrected chi connectivity index (χ1v) is 18.7. The molecule has 0 radical (unpaired) electrons. The van der Waals surface area contributed by atoms with E-state index >= 15 is 0 Å². The Morgan fingerprint density at radius 1 is 0.483 bits per heavy atom. The summed E-state index contributed by atoms with van der Waals surface area (Å²) in [7, 11) is 0. The summed E-state index contributed by atoms with van der Waals surface area (Å²) in [5, 5.41) is 16.1. The van der Waals surface area contributed by atoms with E-state index in [1.54, 1.807) is 0 Å². The van der Waals surface area contributed by atoms with Crippen molar-refractivity contribution in [3.63, 3.8) is 0 Å². The minimum atomic E-state index is -1.37. The fraction of sp³-hybridized carbons (Fsp3) is 0.400. The zero-order valence-electron chi connectivity index (χ0n) is 31.4. The van der Waals surface area contributed by atoms with Crippen LogP contribution in [0.1, 0.15) is 28.7 Å². The second-order valence-electron chi connectivity index (χ2n) is 13.6. The van der Waals surface area contributed by atoms with Gasteiger partial charge in [0.1, 0.15) is 24.4 Å². The van der Waals surface area contributed by atoms with Crippen LogP contribution >= 0.6 is 0 Å². The normalized spacial score (nSPS) is 26.5. The molecule has 58 heavy (non-hydrogen) atoms. The van der Waals surface area contributed by atoms with E-state index in [2.05, 4.69) is 40.1 Å². The van der Waals surface area contributed by atoms with Crippen LogP contribution in [-0.2, 0) is 54.8 Å². The lowest BCUT2D eigenvalue weighted by Gasteiger charge is -2.48. The molecule has 18 heteroatoms. The number of rotatable bonds is 19. The molecular weight excluding hydrogens is 745 g/mol. The van der Waals surface area contributed by atoms with Gasteiger partial charge in [0.2, 0.25) is 0 Å². The molecule has 1 aliphatic heterocycles. The molecule has 298 valence electrons. The van der Waals surface area contributed by atoms with E-state index in [-0.39, 0.29) is 39.4 Å². The summed E-state index contributed by atoms with van der Waals surface area (Å²) in [4.78, 5) is 12.3. The lowest BCUT2D eigenvalue weighted by Crippen LogP contribution is -2.63. The van der Waals surface area contributed by atoms with Crippen molar-refractivity contribution in [2.75, 3.05) is 6.54 Å². The van der Waals surface area contributed by atoms with Crippen LogP contribution < -0.4 is 0 Å². The van der Waals surface area contributed by atoms with Crippen molar-refractivity contribution >= 4 is 0 Å². The van der Waals surface area contributed by atoms with Gasteiger partial charge in [-0.1, -0.05) is 142 Å². The topological polar surface area (TPSA) is 250 Å². The third kappa shape index (κ3) is 11.3. The zero-order chi connectivity index (χ0) is 40.4. The van der Waals surface area contributed by atoms with E-state index in [0.717, 1.165) is 22.3 Å². The van der Waals surface area contributed by atoms with E-state index in [1.165, 1.54) is 0 Å².